The van der Waals surface area contributed by atoms with Crippen molar-refractivity contribution >= 4 is 28.8 Å². The third kappa shape index (κ3) is 4.91. The van der Waals surface area contributed by atoms with Crippen molar-refractivity contribution < 1.29 is 14.3 Å². The summed E-state index contributed by atoms with van der Waals surface area (Å²) in [7, 11) is 1.57. The molecule has 0 bridgehead atoms. The molecule has 0 spiro atoms. The normalized spacial score (nSPS) is 11.8. The van der Waals surface area contributed by atoms with Crippen molar-refractivity contribution in [1.82, 2.24) is 5.32 Å². The highest BCUT2D eigenvalue weighted by atomic mass is 32.1. The predicted molar refractivity (Wildman–Crippen MR) is 91.6 cm³/mol. The fraction of sp³-hybridized carbons (Fsp3) is 0.294. The molecule has 2 rings (SSSR count). The Morgan fingerprint density at radius 2 is 1.87 bits per heavy atom. The molecule has 122 valence electrons. The molecule has 1 aromatic heterocycles. The molecular weight excluding hydrogens is 312 g/mol. The zero-order chi connectivity index (χ0) is 16.8. The number of aryl methyl sites for hydroxylation is 2. The van der Waals surface area contributed by atoms with Gasteiger partial charge in [-0.25, -0.2) is 0 Å². The molecule has 1 unspecified atom stereocenters. The smallest absolute Gasteiger partial charge is 0.313 e. The van der Waals surface area contributed by atoms with Crippen LogP contribution in [0.3, 0.4) is 0 Å². The van der Waals surface area contributed by atoms with Crippen molar-refractivity contribution in [2.24, 2.45) is 0 Å². The third-order valence-corrected chi connectivity index (χ3v) is 4.03. The van der Waals surface area contributed by atoms with Crippen LogP contribution < -0.4 is 10.6 Å². The molecule has 2 amide bonds. The molecule has 0 aliphatic carbocycles. The number of hydrogen-bond donors (Lipinski definition) is 2. The Hall–Kier alpha value is -2.18. The van der Waals surface area contributed by atoms with Crippen LogP contribution in [-0.2, 0) is 14.3 Å². The van der Waals surface area contributed by atoms with Gasteiger partial charge < -0.3 is 15.4 Å². The zero-order valence-electron chi connectivity index (χ0n) is 13.4. The minimum absolute atomic E-state index is 0.242. The van der Waals surface area contributed by atoms with Gasteiger partial charge in [0.15, 0.2) is 0 Å². The van der Waals surface area contributed by atoms with E-state index in [4.69, 9.17) is 4.74 Å². The average Bonchev–Trinajstić information content (AvgIpc) is 3.00. The number of carbonyl (C=O) groups is 2. The van der Waals surface area contributed by atoms with Crippen molar-refractivity contribution in [1.29, 1.82) is 0 Å². The Bertz CT molecular complexity index is 663. The molecule has 23 heavy (non-hydrogen) atoms. The minimum atomic E-state index is -0.685. The summed E-state index contributed by atoms with van der Waals surface area (Å²) in [6.45, 7) is 4.12. The first kappa shape index (κ1) is 17.2. The number of ether oxygens (including phenoxy) is 1. The van der Waals surface area contributed by atoms with Crippen molar-refractivity contribution in [2.75, 3.05) is 19.0 Å². The average molecular weight is 332 g/mol. The van der Waals surface area contributed by atoms with Crippen LogP contribution in [0, 0.1) is 13.8 Å². The summed E-state index contributed by atoms with van der Waals surface area (Å²) < 4.78 is 5.33. The summed E-state index contributed by atoms with van der Waals surface area (Å²) in [5.41, 5.74) is 3.64. The second kappa shape index (κ2) is 7.89. The number of amides is 2. The highest BCUT2D eigenvalue weighted by molar-refractivity contribution is 7.07. The maximum atomic E-state index is 12.0. The van der Waals surface area contributed by atoms with Gasteiger partial charge >= 0.3 is 11.8 Å². The summed E-state index contributed by atoms with van der Waals surface area (Å²) in [6.07, 6.45) is -0.265. The summed E-state index contributed by atoms with van der Waals surface area (Å²) in [4.78, 5) is 23.9. The third-order valence-electron chi connectivity index (χ3n) is 3.33. The number of carbonyl (C=O) groups excluding carboxylic acids is 2. The molecule has 5 nitrogen and oxygen atoms in total. The SMILES string of the molecule is COC(CNC(=O)C(=O)Nc1cc(C)cc(C)c1)c1ccsc1. The van der Waals surface area contributed by atoms with Crippen LogP contribution in [0.4, 0.5) is 5.69 Å². The standard InChI is InChI=1S/C17H20N2O3S/c1-11-6-12(2)8-14(7-11)19-17(21)16(20)18-9-15(22-3)13-4-5-23-10-13/h4-8,10,15H,9H2,1-3H3,(H,18,20)(H,19,21). The predicted octanol–water partition coefficient (Wildman–Crippen LogP) is 2.81. The van der Waals surface area contributed by atoms with E-state index < -0.39 is 11.8 Å². The summed E-state index contributed by atoms with van der Waals surface area (Å²) in [6, 6.07) is 7.57. The summed E-state index contributed by atoms with van der Waals surface area (Å²) in [5, 5.41) is 9.10. The lowest BCUT2D eigenvalue weighted by Gasteiger charge is -2.15. The van der Waals surface area contributed by atoms with Crippen LogP contribution in [0.1, 0.15) is 22.8 Å². The molecule has 0 aliphatic heterocycles. The van der Waals surface area contributed by atoms with Crippen LogP contribution >= 0.6 is 11.3 Å². The molecule has 0 aliphatic rings. The lowest BCUT2D eigenvalue weighted by molar-refractivity contribution is -0.136. The molecule has 2 N–H and O–H groups in total. The van der Waals surface area contributed by atoms with Crippen molar-refractivity contribution in [3.05, 3.63) is 51.7 Å². The number of benzene rings is 1. The van der Waals surface area contributed by atoms with Crippen molar-refractivity contribution in [3.8, 4) is 0 Å². The molecule has 6 heteroatoms. The first-order chi connectivity index (χ1) is 11.0. The van der Waals surface area contributed by atoms with E-state index in [-0.39, 0.29) is 12.6 Å². The second-order valence-electron chi connectivity index (χ2n) is 5.32. The molecule has 1 aromatic carbocycles. The van der Waals surface area contributed by atoms with Crippen LogP contribution in [0.2, 0.25) is 0 Å². The van der Waals surface area contributed by atoms with Crippen LogP contribution in [0.15, 0.2) is 35.0 Å². The van der Waals surface area contributed by atoms with E-state index in [1.54, 1.807) is 18.4 Å². The number of nitrogens with one attached hydrogen (secondary N) is 2. The number of methoxy groups -OCH3 is 1. The van der Waals surface area contributed by atoms with E-state index in [0.29, 0.717) is 5.69 Å². The van der Waals surface area contributed by atoms with E-state index in [1.807, 2.05) is 48.9 Å². The van der Waals surface area contributed by atoms with E-state index in [1.165, 1.54) is 0 Å². The van der Waals surface area contributed by atoms with Crippen molar-refractivity contribution in [2.45, 2.75) is 20.0 Å². The summed E-state index contributed by atoms with van der Waals surface area (Å²) >= 11 is 1.56. The molecule has 0 saturated heterocycles. The van der Waals surface area contributed by atoms with Gasteiger partial charge in [-0.1, -0.05) is 6.07 Å². The Morgan fingerprint density at radius 1 is 1.17 bits per heavy atom. The van der Waals surface area contributed by atoms with Gasteiger partial charge in [-0.05, 0) is 59.5 Å². The highest BCUT2D eigenvalue weighted by Crippen LogP contribution is 2.18. The fourth-order valence-electron chi connectivity index (χ4n) is 2.30. The lowest BCUT2D eigenvalue weighted by atomic mass is 10.1. The Kier molecular flexibility index (Phi) is 5.90. The molecule has 0 fully saturated rings. The van der Waals surface area contributed by atoms with E-state index in [2.05, 4.69) is 10.6 Å². The van der Waals surface area contributed by atoms with Gasteiger partial charge in [0, 0.05) is 19.3 Å². The number of hydrogen-bond acceptors (Lipinski definition) is 4. The first-order valence-electron chi connectivity index (χ1n) is 7.22. The Labute approximate surface area is 139 Å². The van der Waals surface area contributed by atoms with E-state index in [9.17, 15) is 9.59 Å². The second-order valence-corrected chi connectivity index (χ2v) is 6.10. The van der Waals surface area contributed by atoms with Gasteiger partial charge in [0.2, 0.25) is 0 Å². The van der Waals surface area contributed by atoms with E-state index >= 15 is 0 Å². The Morgan fingerprint density at radius 3 is 2.43 bits per heavy atom. The van der Waals surface area contributed by atoms with Gasteiger partial charge in [0.05, 0.1) is 0 Å². The van der Waals surface area contributed by atoms with Gasteiger partial charge in [0.25, 0.3) is 0 Å². The van der Waals surface area contributed by atoms with E-state index in [0.717, 1.165) is 16.7 Å². The molecule has 1 atom stereocenters. The van der Waals surface area contributed by atoms with Gasteiger partial charge in [0.1, 0.15) is 6.10 Å². The largest absolute Gasteiger partial charge is 0.375 e. The van der Waals surface area contributed by atoms with Crippen molar-refractivity contribution in [3.63, 3.8) is 0 Å². The quantitative estimate of drug-likeness (QED) is 0.827. The maximum Gasteiger partial charge on any atom is 0.313 e. The topological polar surface area (TPSA) is 67.4 Å². The molecule has 0 radical (unpaired) electrons. The van der Waals surface area contributed by atoms with Gasteiger partial charge in [-0.2, -0.15) is 11.3 Å². The van der Waals surface area contributed by atoms with Gasteiger partial charge in [-0.3, -0.25) is 9.59 Å². The number of thiophene rings is 1. The molecule has 0 saturated carbocycles. The molecule has 1 heterocycles. The summed E-state index contributed by atoms with van der Waals surface area (Å²) in [5.74, 6) is -1.36. The minimum Gasteiger partial charge on any atom is -0.375 e. The number of anilines is 1. The Balaban J connectivity index is 1.91. The van der Waals surface area contributed by atoms with Crippen LogP contribution in [-0.4, -0.2) is 25.5 Å². The van der Waals surface area contributed by atoms with Crippen LogP contribution in [0.5, 0.6) is 0 Å². The zero-order valence-corrected chi connectivity index (χ0v) is 14.2. The monoisotopic (exact) mass is 332 g/mol. The maximum absolute atomic E-state index is 12.0. The lowest BCUT2D eigenvalue weighted by Crippen LogP contribution is -2.37. The van der Waals surface area contributed by atoms with Gasteiger partial charge in [-0.15, -0.1) is 0 Å². The van der Waals surface area contributed by atoms with Crippen LogP contribution in [0.25, 0.3) is 0 Å². The first-order valence-corrected chi connectivity index (χ1v) is 8.16. The number of rotatable bonds is 5. The molecule has 2 aromatic rings. The fourth-order valence-corrected chi connectivity index (χ4v) is 3.00. The molecular formula is C17H20N2O3S. The highest BCUT2D eigenvalue weighted by Gasteiger charge is 2.17.